The second-order valence-corrected chi connectivity index (χ2v) is 5.13. The van der Waals surface area contributed by atoms with Gasteiger partial charge < -0.3 is 10.6 Å². The van der Waals surface area contributed by atoms with Crippen molar-refractivity contribution < 1.29 is 4.79 Å². The number of aliphatic imine (C=N–C) groups is 2. The quantitative estimate of drug-likeness (QED) is 0.286. The van der Waals surface area contributed by atoms with Gasteiger partial charge in [0.15, 0.2) is 0 Å². The van der Waals surface area contributed by atoms with Gasteiger partial charge in [-0.05, 0) is 12.7 Å². The first kappa shape index (κ1) is 18.1. The van der Waals surface area contributed by atoms with E-state index in [2.05, 4.69) is 32.9 Å². The minimum absolute atomic E-state index is 0.00588. The molecule has 0 aromatic rings. The first-order valence-corrected chi connectivity index (χ1v) is 7.64. The summed E-state index contributed by atoms with van der Waals surface area (Å²) in [6, 6.07) is 0. The molecule has 110 valence electrons. The second-order valence-electron chi connectivity index (χ2n) is 3.73. The van der Waals surface area contributed by atoms with Crippen LogP contribution in [0.25, 0.3) is 0 Å². The molecule has 19 heavy (non-hydrogen) atoms. The number of carbonyl (C=O) groups excluding carboxylic acids is 1. The molecule has 0 saturated heterocycles. The summed E-state index contributed by atoms with van der Waals surface area (Å²) in [4.78, 5) is 18.7. The highest BCUT2D eigenvalue weighted by Crippen LogP contribution is 1.94. The molecular formula is C12H25N5OS. The summed E-state index contributed by atoms with van der Waals surface area (Å²) >= 11 is 1.94. The van der Waals surface area contributed by atoms with Crippen molar-refractivity contribution in [3.05, 3.63) is 0 Å². The maximum atomic E-state index is 10.8. The van der Waals surface area contributed by atoms with E-state index in [1.54, 1.807) is 7.05 Å². The Morgan fingerprint density at radius 2 is 2.16 bits per heavy atom. The van der Waals surface area contributed by atoms with Crippen molar-refractivity contribution in [2.24, 2.45) is 9.98 Å². The lowest BCUT2D eigenvalue weighted by molar-refractivity contribution is -0.113. The minimum Gasteiger partial charge on any atom is -0.354 e. The normalized spacial score (nSPS) is 13.2. The van der Waals surface area contributed by atoms with E-state index in [0.29, 0.717) is 0 Å². The smallest absolute Gasteiger partial charge is 0.262 e. The first-order chi connectivity index (χ1) is 9.20. The molecule has 0 aromatic heterocycles. The summed E-state index contributed by atoms with van der Waals surface area (Å²) in [6.07, 6.45) is 2.58. The van der Waals surface area contributed by atoms with E-state index in [4.69, 9.17) is 0 Å². The van der Waals surface area contributed by atoms with E-state index in [-0.39, 0.29) is 12.1 Å². The molecule has 0 aliphatic rings. The zero-order valence-electron chi connectivity index (χ0n) is 12.0. The van der Waals surface area contributed by atoms with Gasteiger partial charge in [0.1, 0.15) is 6.34 Å². The summed E-state index contributed by atoms with van der Waals surface area (Å²) < 4.78 is 0. The molecule has 0 saturated carbocycles. The Morgan fingerprint density at radius 1 is 1.37 bits per heavy atom. The van der Waals surface area contributed by atoms with E-state index in [1.807, 2.05) is 18.7 Å². The van der Waals surface area contributed by atoms with Crippen LogP contribution in [0.2, 0.25) is 0 Å². The number of hydrogen-bond acceptors (Lipinski definition) is 5. The molecule has 1 unspecified atom stereocenters. The molecule has 0 spiro atoms. The first-order valence-electron chi connectivity index (χ1n) is 6.49. The topological polar surface area (TPSA) is 77.9 Å². The van der Waals surface area contributed by atoms with Crippen LogP contribution < -0.4 is 16.0 Å². The zero-order valence-corrected chi connectivity index (χ0v) is 12.8. The lowest BCUT2D eigenvalue weighted by Crippen LogP contribution is -2.33. The van der Waals surface area contributed by atoms with E-state index in [0.717, 1.165) is 25.4 Å². The molecule has 0 aromatic carbocycles. The Labute approximate surface area is 119 Å². The van der Waals surface area contributed by atoms with Gasteiger partial charge in [0.2, 0.25) is 0 Å². The number of amides is 1. The fourth-order valence-electron chi connectivity index (χ4n) is 1.14. The number of carbonyl (C=O) groups is 1. The molecule has 0 bridgehead atoms. The molecule has 0 aliphatic carbocycles. The average Bonchev–Trinajstić information content (AvgIpc) is 2.42. The summed E-state index contributed by atoms with van der Waals surface area (Å²) in [5.41, 5.74) is 0. The molecule has 3 N–H and O–H groups in total. The minimum atomic E-state index is -0.235. The summed E-state index contributed by atoms with van der Waals surface area (Å²) in [5, 5.41) is 9.02. The lowest BCUT2D eigenvalue weighted by atomic mass is 10.5. The highest BCUT2D eigenvalue weighted by molar-refractivity contribution is 7.99. The van der Waals surface area contributed by atoms with Gasteiger partial charge in [-0.1, -0.05) is 6.92 Å². The van der Waals surface area contributed by atoms with Gasteiger partial charge in [-0.2, -0.15) is 11.8 Å². The van der Waals surface area contributed by atoms with Crippen molar-refractivity contribution in [1.29, 1.82) is 0 Å². The number of nitrogens with zero attached hydrogens (tertiary/aromatic N) is 2. The number of nitrogens with one attached hydrogen (secondary N) is 3. The van der Waals surface area contributed by atoms with Gasteiger partial charge in [-0.15, -0.1) is 0 Å². The van der Waals surface area contributed by atoms with Gasteiger partial charge in [-0.25, -0.2) is 4.99 Å². The Balaban J connectivity index is 3.48. The second kappa shape index (κ2) is 13.5. The largest absolute Gasteiger partial charge is 0.354 e. The predicted molar refractivity (Wildman–Crippen MR) is 84.4 cm³/mol. The monoisotopic (exact) mass is 287 g/mol. The Bertz CT molecular complexity index is 283. The zero-order chi connectivity index (χ0) is 14.3. The van der Waals surface area contributed by atoms with Crippen molar-refractivity contribution >= 4 is 30.2 Å². The SMILES string of the molecule is CCSCCNCCNC(C)N=CN=CC(=O)NC. The summed E-state index contributed by atoms with van der Waals surface area (Å²) in [6.45, 7) is 6.92. The van der Waals surface area contributed by atoms with E-state index >= 15 is 0 Å². The van der Waals surface area contributed by atoms with Crippen molar-refractivity contribution in [2.75, 3.05) is 38.2 Å². The number of hydrogen-bond donors (Lipinski definition) is 3. The molecule has 0 heterocycles. The molecule has 0 fully saturated rings. The third-order valence-electron chi connectivity index (χ3n) is 2.16. The highest BCUT2D eigenvalue weighted by atomic mass is 32.2. The van der Waals surface area contributed by atoms with E-state index in [9.17, 15) is 4.79 Å². The molecule has 1 atom stereocenters. The van der Waals surface area contributed by atoms with Crippen LogP contribution in [0.3, 0.4) is 0 Å². The molecule has 0 radical (unpaired) electrons. The molecule has 7 heteroatoms. The fraction of sp³-hybridized carbons (Fsp3) is 0.750. The molecule has 6 nitrogen and oxygen atoms in total. The molecular weight excluding hydrogens is 262 g/mol. The molecule has 0 rings (SSSR count). The van der Waals surface area contributed by atoms with Crippen molar-refractivity contribution in [3.63, 3.8) is 0 Å². The Kier molecular flexibility index (Phi) is 12.9. The number of thioether (sulfide) groups is 1. The average molecular weight is 287 g/mol. The maximum absolute atomic E-state index is 10.8. The predicted octanol–water partition coefficient (Wildman–Crippen LogP) is 0.110. The fourth-order valence-corrected chi connectivity index (χ4v) is 1.72. The van der Waals surface area contributed by atoms with Crippen molar-refractivity contribution in [2.45, 2.75) is 20.0 Å². The summed E-state index contributed by atoms with van der Waals surface area (Å²) in [7, 11) is 1.56. The van der Waals surface area contributed by atoms with Crippen LogP contribution >= 0.6 is 11.8 Å². The van der Waals surface area contributed by atoms with Crippen LogP contribution in [0, 0.1) is 0 Å². The van der Waals surface area contributed by atoms with Gasteiger partial charge in [-0.3, -0.25) is 15.1 Å². The van der Waals surface area contributed by atoms with Crippen LogP contribution in [-0.4, -0.2) is 62.8 Å². The van der Waals surface area contributed by atoms with Crippen LogP contribution in [0.15, 0.2) is 9.98 Å². The Morgan fingerprint density at radius 3 is 2.84 bits per heavy atom. The van der Waals surface area contributed by atoms with Gasteiger partial charge in [0.05, 0.1) is 12.4 Å². The van der Waals surface area contributed by atoms with Crippen molar-refractivity contribution in [3.8, 4) is 0 Å². The van der Waals surface area contributed by atoms with E-state index in [1.165, 1.54) is 18.3 Å². The van der Waals surface area contributed by atoms with Crippen LogP contribution in [0.4, 0.5) is 0 Å². The van der Waals surface area contributed by atoms with Gasteiger partial charge in [0, 0.05) is 32.4 Å². The Hall–Kier alpha value is -0.920. The third-order valence-corrected chi connectivity index (χ3v) is 3.07. The summed E-state index contributed by atoms with van der Waals surface area (Å²) in [5.74, 6) is 2.09. The maximum Gasteiger partial charge on any atom is 0.262 e. The standard InChI is InChI=1S/C12H25N5OS/c1-4-19-8-7-14-5-6-16-11(2)17-10-15-9-12(18)13-3/h9-11,14,16H,4-8H2,1-3H3,(H,13,18). The van der Waals surface area contributed by atoms with Crippen LogP contribution in [0.5, 0.6) is 0 Å². The van der Waals surface area contributed by atoms with Crippen LogP contribution in [-0.2, 0) is 4.79 Å². The third kappa shape index (κ3) is 13.3. The van der Waals surface area contributed by atoms with Crippen molar-refractivity contribution in [1.82, 2.24) is 16.0 Å². The van der Waals surface area contributed by atoms with E-state index < -0.39 is 0 Å². The highest BCUT2D eigenvalue weighted by Gasteiger charge is 1.95. The number of rotatable bonds is 11. The lowest BCUT2D eigenvalue weighted by Gasteiger charge is -2.09. The van der Waals surface area contributed by atoms with Gasteiger partial charge >= 0.3 is 0 Å². The molecule has 1 amide bonds. The van der Waals surface area contributed by atoms with Gasteiger partial charge in [0.25, 0.3) is 5.91 Å². The van der Waals surface area contributed by atoms with Crippen LogP contribution in [0.1, 0.15) is 13.8 Å². The molecule has 0 aliphatic heterocycles.